The number of pyridine rings is 1. The lowest BCUT2D eigenvalue weighted by Crippen LogP contribution is -2.37. The molecule has 1 aliphatic heterocycles. The second-order valence-electron chi connectivity index (χ2n) is 6.23. The second kappa shape index (κ2) is 8.57. The van der Waals surface area contributed by atoms with Gasteiger partial charge in [-0.05, 0) is 38.1 Å². The van der Waals surface area contributed by atoms with E-state index in [0.29, 0.717) is 16.0 Å². The number of aromatic nitrogens is 2. The van der Waals surface area contributed by atoms with Crippen LogP contribution in [-0.4, -0.2) is 39.8 Å². The van der Waals surface area contributed by atoms with Gasteiger partial charge in [-0.1, -0.05) is 11.6 Å². The molecular weight excluding hydrogens is 374 g/mol. The van der Waals surface area contributed by atoms with Gasteiger partial charge in [-0.2, -0.15) is 0 Å². The van der Waals surface area contributed by atoms with Crippen molar-refractivity contribution in [3.63, 3.8) is 0 Å². The van der Waals surface area contributed by atoms with E-state index in [2.05, 4.69) is 25.5 Å². The summed E-state index contributed by atoms with van der Waals surface area (Å²) >= 11 is 7.22. The predicted molar refractivity (Wildman–Crippen MR) is 102 cm³/mol. The van der Waals surface area contributed by atoms with E-state index < -0.39 is 0 Å². The molecule has 0 radical (unpaired) electrons. The fourth-order valence-corrected chi connectivity index (χ4v) is 3.71. The number of hydrogen-bond acceptors (Lipinski definition) is 6. The number of anilines is 2. The zero-order valence-corrected chi connectivity index (χ0v) is 15.9. The molecule has 9 heteroatoms. The highest BCUT2D eigenvalue weighted by atomic mass is 35.5. The highest BCUT2D eigenvalue weighted by molar-refractivity contribution is 7.13. The van der Waals surface area contributed by atoms with Crippen LogP contribution in [0.5, 0.6) is 0 Å². The molecule has 26 heavy (non-hydrogen) atoms. The Morgan fingerprint density at radius 3 is 2.73 bits per heavy atom. The Morgan fingerprint density at radius 2 is 2.08 bits per heavy atom. The maximum atomic E-state index is 12.4. The molecule has 3 rings (SSSR count). The molecule has 2 N–H and O–H groups in total. The lowest BCUT2D eigenvalue weighted by atomic mass is 9.96. The molecule has 7 nitrogen and oxygen atoms in total. The molecule has 0 bridgehead atoms. The summed E-state index contributed by atoms with van der Waals surface area (Å²) in [5.74, 6) is 0.387. The molecule has 2 aromatic rings. The predicted octanol–water partition coefficient (Wildman–Crippen LogP) is 3.00. The van der Waals surface area contributed by atoms with Crippen molar-refractivity contribution in [2.45, 2.75) is 26.3 Å². The van der Waals surface area contributed by atoms with Crippen LogP contribution in [0.15, 0.2) is 23.7 Å². The smallest absolute Gasteiger partial charge is 0.228 e. The molecular formula is C17H20ClN5O2S. The number of piperidine rings is 1. The summed E-state index contributed by atoms with van der Waals surface area (Å²) in [6.07, 6.45) is 3.10. The number of likely N-dealkylation sites (tertiary alicyclic amines) is 1. The summed E-state index contributed by atoms with van der Waals surface area (Å²) < 4.78 is 0. The molecule has 0 aliphatic carbocycles. The van der Waals surface area contributed by atoms with Gasteiger partial charge < -0.3 is 10.6 Å². The van der Waals surface area contributed by atoms with Crippen molar-refractivity contribution in [2.75, 3.05) is 23.7 Å². The summed E-state index contributed by atoms with van der Waals surface area (Å²) in [6, 6.07) is 3.40. The minimum atomic E-state index is -0.118. The van der Waals surface area contributed by atoms with Crippen LogP contribution in [0, 0.1) is 5.92 Å². The molecule has 138 valence electrons. The van der Waals surface area contributed by atoms with Crippen LogP contribution in [0.4, 0.5) is 10.9 Å². The van der Waals surface area contributed by atoms with Crippen molar-refractivity contribution in [3.8, 4) is 0 Å². The van der Waals surface area contributed by atoms with Crippen molar-refractivity contribution in [3.05, 3.63) is 34.4 Å². The molecule has 0 atom stereocenters. The summed E-state index contributed by atoms with van der Waals surface area (Å²) in [7, 11) is 0. The van der Waals surface area contributed by atoms with Gasteiger partial charge in [-0.3, -0.25) is 14.5 Å². The van der Waals surface area contributed by atoms with Gasteiger partial charge in [-0.15, -0.1) is 11.3 Å². The number of nitrogens with one attached hydrogen (secondary N) is 2. The number of rotatable bonds is 5. The maximum Gasteiger partial charge on any atom is 0.228 e. The van der Waals surface area contributed by atoms with Gasteiger partial charge in [0.2, 0.25) is 11.8 Å². The highest BCUT2D eigenvalue weighted by Crippen LogP contribution is 2.22. The zero-order chi connectivity index (χ0) is 18.5. The molecule has 0 unspecified atom stereocenters. The van der Waals surface area contributed by atoms with Crippen LogP contribution >= 0.6 is 22.9 Å². The Kier molecular flexibility index (Phi) is 6.18. The molecule has 1 fully saturated rings. The van der Waals surface area contributed by atoms with E-state index in [9.17, 15) is 9.59 Å². The molecule has 3 heterocycles. The summed E-state index contributed by atoms with van der Waals surface area (Å²) in [5.41, 5.74) is 0.937. The third-order valence-electron chi connectivity index (χ3n) is 4.16. The number of halogens is 1. The first-order valence-electron chi connectivity index (χ1n) is 8.36. The lowest BCUT2D eigenvalue weighted by molar-refractivity contribution is -0.121. The van der Waals surface area contributed by atoms with Crippen molar-refractivity contribution in [1.29, 1.82) is 0 Å². The van der Waals surface area contributed by atoms with Gasteiger partial charge in [0, 0.05) is 31.0 Å². The van der Waals surface area contributed by atoms with Crippen LogP contribution in [-0.2, 0) is 16.1 Å². The Labute approximate surface area is 160 Å². The monoisotopic (exact) mass is 393 g/mol. The molecule has 0 saturated carbocycles. The summed E-state index contributed by atoms with van der Waals surface area (Å²) in [5, 5.41) is 8.66. The van der Waals surface area contributed by atoms with E-state index in [1.54, 1.807) is 12.1 Å². The van der Waals surface area contributed by atoms with Gasteiger partial charge in [0.25, 0.3) is 0 Å². The molecule has 2 aromatic heterocycles. The molecule has 0 spiro atoms. The van der Waals surface area contributed by atoms with Gasteiger partial charge >= 0.3 is 0 Å². The van der Waals surface area contributed by atoms with Crippen LogP contribution in [0.2, 0.25) is 5.02 Å². The Balaban J connectivity index is 1.46. The van der Waals surface area contributed by atoms with Gasteiger partial charge in [0.15, 0.2) is 5.13 Å². The van der Waals surface area contributed by atoms with Crippen LogP contribution in [0.3, 0.4) is 0 Å². The fourth-order valence-electron chi connectivity index (χ4n) is 2.85. The first-order valence-corrected chi connectivity index (χ1v) is 9.62. The van der Waals surface area contributed by atoms with Crippen molar-refractivity contribution in [1.82, 2.24) is 14.9 Å². The molecule has 1 aliphatic rings. The number of carbonyl (C=O) groups is 2. The Bertz CT molecular complexity index is 772. The average molecular weight is 394 g/mol. The third kappa shape index (κ3) is 5.23. The summed E-state index contributed by atoms with van der Waals surface area (Å²) in [4.78, 5) is 34.2. The highest BCUT2D eigenvalue weighted by Gasteiger charge is 2.25. The van der Waals surface area contributed by atoms with Crippen LogP contribution in [0.1, 0.15) is 25.5 Å². The SMILES string of the molecule is CC(=O)Nc1nc(CN2CCC(C(=O)Nc3ccc(Cl)cn3)CC2)cs1. The topological polar surface area (TPSA) is 87.2 Å². The van der Waals surface area contributed by atoms with Crippen LogP contribution in [0.25, 0.3) is 0 Å². The number of thiazole rings is 1. The number of amides is 2. The van der Waals surface area contributed by atoms with E-state index in [0.717, 1.165) is 38.2 Å². The maximum absolute atomic E-state index is 12.4. The minimum absolute atomic E-state index is 0.000996. The van der Waals surface area contributed by atoms with Gasteiger partial charge in [0.1, 0.15) is 5.82 Å². The normalized spacial score (nSPS) is 15.6. The largest absolute Gasteiger partial charge is 0.310 e. The average Bonchev–Trinajstić information content (AvgIpc) is 3.03. The summed E-state index contributed by atoms with van der Waals surface area (Å²) in [6.45, 7) is 3.86. The molecule has 1 saturated heterocycles. The number of carbonyl (C=O) groups excluding carboxylic acids is 2. The van der Waals surface area contributed by atoms with Gasteiger partial charge in [0.05, 0.1) is 10.7 Å². The molecule has 2 amide bonds. The number of nitrogens with zero attached hydrogens (tertiary/aromatic N) is 3. The molecule has 0 aromatic carbocycles. The van der Waals surface area contributed by atoms with E-state index >= 15 is 0 Å². The third-order valence-corrected chi connectivity index (χ3v) is 5.19. The second-order valence-corrected chi connectivity index (χ2v) is 7.52. The van der Waals surface area contributed by atoms with E-state index in [1.807, 2.05) is 5.38 Å². The minimum Gasteiger partial charge on any atom is -0.310 e. The Morgan fingerprint density at radius 1 is 1.31 bits per heavy atom. The standard InChI is InChI=1S/C17H20ClN5O2S/c1-11(24)20-17-21-14(10-26-17)9-23-6-4-12(5-7-23)16(25)22-15-3-2-13(18)8-19-15/h2-3,8,10,12H,4-7,9H2,1H3,(H,19,22,25)(H,20,21,24). The lowest BCUT2D eigenvalue weighted by Gasteiger charge is -2.30. The zero-order valence-electron chi connectivity index (χ0n) is 14.4. The van der Waals surface area contributed by atoms with E-state index in [4.69, 9.17) is 11.6 Å². The first-order chi connectivity index (χ1) is 12.5. The first kappa shape index (κ1) is 18.8. The quantitative estimate of drug-likeness (QED) is 0.815. The van der Waals surface area contributed by atoms with Gasteiger partial charge in [-0.25, -0.2) is 9.97 Å². The van der Waals surface area contributed by atoms with E-state index in [-0.39, 0.29) is 17.7 Å². The van der Waals surface area contributed by atoms with E-state index in [1.165, 1.54) is 24.5 Å². The van der Waals surface area contributed by atoms with Crippen molar-refractivity contribution in [2.24, 2.45) is 5.92 Å². The Hall–Kier alpha value is -2.03. The number of hydrogen-bond donors (Lipinski definition) is 2. The van der Waals surface area contributed by atoms with Crippen LogP contribution < -0.4 is 10.6 Å². The van der Waals surface area contributed by atoms with Crippen molar-refractivity contribution >= 4 is 45.7 Å². The fraction of sp³-hybridized carbons (Fsp3) is 0.412. The van der Waals surface area contributed by atoms with Crippen molar-refractivity contribution < 1.29 is 9.59 Å².